The third-order valence-electron chi connectivity index (χ3n) is 1.47. The summed E-state index contributed by atoms with van der Waals surface area (Å²) < 4.78 is 0.817. The van der Waals surface area contributed by atoms with Crippen molar-refractivity contribution in [3.8, 4) is 10.7 Å². The molecular formula is C7H6N2S3. The molecule has 12 heavy (non-hydrogen) atoms. The molecular weight excluding hydrogens is 208 g/mol. The second-order valence-corrected chi connectivity index (χ2v) is 5.07. The maximum Gasteiger partial charge on any atom is 0.159 e. The van der Waals surface area contributed by atoms with E-state index in [1.807, 2.05) is 12.3 Å². The van der Waals surface area contributed by atoms with Gasteiger partial charge in [0.15, 0.2) is 3.95 Å². The van der Waals surface area contributed by atoms with E-state index in [1.54, 1.807) is 28.9 Å². The standard InChI is InChI=1S/C7H6N2S3/c1-4-5(9-7(10)12-4)6-8-2-3-11-6/h2-3H,1H3,(H,9,10). The summed E-state index contributed by atoms with van der Waals surface area (Å²) in [6, 6.07) is 0. The molecule has 0 aliphatic carbocycles. The van der Waals surface area contributed by atoms with E-state index in [9.17, 15) is 0 Å². The lowest BCUT2D eigenvalue weighted by Gasteiger charge is -1.90. The largest absolute Gasteiger partial charge is 0.335 e. The van der Waals surface area contributed by atoms with E-state index in [4.69, 9.17) is 12.2 Å². The van der Waals surface area contributed by atoms with Gasteiger partial charge in [-0.25, -0.2) is 4.98 Å². The lowest BCUT2D eigenvalue weighted by atomic mass is 10.4. The summed E-state index contributed by atoms with van der Waals surface area (Å²) in [6.07, 6.45) is 1.80. The van der Waals surface area contributed by atoms with Crippen LogP contribution in [0.1, 0.15) is 4.88 Å². The van der Waals surface area contributed by atoms with Crippen molar-refractivity contribution in [2.45, 2.75) is 6.92 Å². The average Bonchev–Trinajstić information content (AvgIpc) is 2.58. The van der Waals surface area contributed by atoms with Crippen molar-refractivity contribution in [1.29, 1.82) is 0 Å². The molecule has 0 saturated heterocycles. The molecule has 0 spiro atoms. The monoisotopic (exact) mass is 214 g/mol. The molecule has 0 bridgehead atoms. The first-order valence-electron chi connectivity index (χ1n) is 3.37. The number of hydrogen-bond acceptors (Lipinski definition) is 4. The van der Waals surface area contributed by atoms with Crippen LogP contribution in [-0.4, -0.2) is 9.97 Å². The van der Waals surface area contributed by atoms with Crippen LogP contribution < -0.4 is 0 Å². The highest BCUT2D eigenvalue weighted by atomic mass is 32.1. The van der Waals surface area contributed by atoms with Gasteiger partial charge in [-0.15, -0.1) is 22.7 Å². The van der Waals surface area contributed by atoms with E-state index >= 15 is 0 Å². The van der Waals surface area contributed by atoms with Crippen molar-refractivity contribution in [1.82, 2.24) is 9.97 Å². The SMILES string of the molecule is Cc1sc(=S)[nH]c1-c1nccs1. The smallest absolute Gasteiger partial charge is 0.159 e. The van der Waals surface area contributed by atoms with Crippen molar-refractivity contribution in [2.75, 3.05) is 0 Å². The summed E-state index contributed by atoms with van der Waals surface area (Å²) >= 11 is 8.25. The quantitative estimate of drug-likeness (QED) is 0.738. The highest BCUT2D eigenvalue weighted by molar-refractivity contribution is 7.73. The fourth-order valence-corrected chi connectivity index (χ4v) is 2.87. The zero-order valence-electron chi connectivity index (χ0n) is 6.33. The molecule has 2 rings (SSSR count). The summed E-state index contributed by atoms with van der Waals surface area (Å²) in [5.74, 6) is 0. The second-order valence-electron chi connectivity index (χ2n) is 2.28. The maximum absolute atomic E-state index is 5.03. The van der Waals surface area contributed by atoms with Gasteiger partial charge >= 0.3 is 0 Å². The van der Waals surface area contributed by atoms with Crippen molar-refractivity contribution < 1.29 is 0 Å². The molecule has 0 aromatic carbocycles. The third-order valence-corrected chi connectivity index (χ3v) is 3.41. The molecule has 2 nitrogen and oxygen atoms in total. The van der Waals surface area contributed by atoms with Gasteiger partial charge in [0.2, 0.25) is 0 Å². The summed E-state index contributed by atoms with van der Waals surface area (Å²) in [5.41, 5.74) is 1.07. The van der Waals surface area contributed by atoms with E-state index < -0.39 is 0 Å². The van der Waals surface area contributed by atoms with Crippen molar-refractivity contribution >= 4 is 34.9 Å². The van der Waals surface area contributed by atoms with Crippen LogP contribution in [0.4, 0.5) is 0 Å². The van der Waals surface area contributed by atoms with Gasteiger partial charge in [0.25, 0.3) is 0 Å². The van der Waals surface area contributed by atoms with Gasteiger partial charge < -0.3 is 4.98 Å². The Hall–Kier alpha value is -0.520. The zero-order valence-corrected chi connectivity index (χ0v) is 8.78. The molecule has 1 N–H and O–H groups in total. The van der Waals surface area contributed by atoms with Crippen LogP contribution in [0.15, 0.2) is 11.6 Å². The Morgan fingerprint density at radius 2 is 2.42 bits per heavy atom. The highest BCUT2D eigenvalue weighted by Crippen LogP contribution is 2.26. The normalized spacial score (nSPS) is 10.4. The molecule has 5 heteroatoms. The fourth-order valence-electron chi connectivity index (χ4n) is 0.957. The van der Waals surface area contributed by atoms with Crippen LogP contribution in [0.3, 0.4) is 0 Å². The van der Waals surface area contributed by atoms with Crippen LogP contribution in [0.25, 0.3) is 10.7 Å². The summed E-state index contributed by atoms with van der Waals surface area (Å²) in [5, 5.41) is 2.98. The number of rotatable bonds is 1. The minimum Gasteiger partial charge on any atom is -0.335 e. The Morgan fingerprint density at radius 3 is 2.92 bits per heavy atom. The molecule has 2 aromatic heterocycles. The molecule has 0 amide bonds. The first-order valence-corrected chi connectivity index (χ1v) is 5.47. The van der Waals surface area contributed by atoms with Gasteiger partial charge in [-0.3, -0.25) is 0 Å². The lowest BCUT2D eigenvalue weighted by Crippen LogP contribution is -1.76. The van der Waals surface area contributed by atoms with Crippen molar-refractivity contribution in [3.05, 3.63) is 20.4 Å². The van der Waals surface area contributed by atoms with E-state index in [1.165, 1.54) is 4.88 Å². The lowest BCUT2D eigenvalue weighted by molar-refractivity contribution is 1.31. The van der Waals surface area contributed by atoms with Gasteiger partial charge in [-0.05, 0) is 19.1 Å². The molecule has 62 valence electrons. The van der Waals surface area contributed by atoms with Gasteiger partial charge in [0.1, 0.15) is 5.01 Å². The predicted molar refractivity (Wildman–Crippen MR) is 55.3 cm³/mol. The number of aromatic amines is 1. The van der Waals surface area contributed by atoms with Gasteiger partial charge in [-0.2, -0.15) is 0 Å². The third kappa shape index (κ3) is 1.35. The highest BCUT2D eigenvalue weighted by Gasteiger charge is 2.06. The van der Waals surface area contributed by atoms with Crippen LogP contribution in [0, 0.1) is 10.9 Å². The van der Waals surface area contributed by atoms with E-state index in [0.717, 1.165) is 14.7 Å². The van der Waals surface area contributed by atoms with Crippen LogP contribution in [0.2, 0.25) is 0 Å². The van der Waals surface area contributed by atoms with Crippen LogP contribution >= 0.6 is 34.9 Å². The maximum atomic E-state index is 5.03. The Kier molecular flexibility index (Phi) is 2.08. The molecule has 0 saturated carbocycles. The molecule has 0 aliphatic heterocycles. The Labute approximate surface area is 82.9 Å². The van der Waals surface area contributed by atoms with E-state index in [0.29, 0.717) is 0 Å². The summed E-state index contributed by atoms with van der Waals surface area (Å²) in [7, 11) is 0. The van der Waals surface area contributed by atoms with E-state index in [-0.39, 0.29) is 0 Å². The minimum atomic E-state index is 0.817. The second kappa shape index (κ2) is 3.08. The average molecular weight is 214 g/mol. The Balaban J connectivity index is 2.61. The number of nitrogens with zero attached hydrogens (tertiary/aromatic N) is 1. The number of H-pyrrole nitrogens is 1. The number of thiazole rings is 2. The molecule has 0 atom stereocenters. The molecule has 0 fully saturated rings. The van der Waals surface area contributed by atoms with Crippen LogP contribution in [0.5, 0.6) is 0 Å². The minimum absolute atomic E-state index is 0.817. The first-order chi connectivity index (χ1) is 5.77. The van der Waals surface area contributed by atoms with Gasteiger partial charge in [0, 0.05) is 16.5 Å². The first kappa shape index (κ1) is 8.10. The summed E-state index contributed by atoms with van der Waals surface area (Å²) in [6.45, 7) is 2.05. The van der Waals surface area contributed by atoms with Crippen molar-refractivity contribution in [2.24, 2.45) is 0 Å². The molecule has 2 heterocycles. The van der Waals surface area contributed by atoms with E-state index in [2.05, 4.69) is 9.97 Å². The van der Waals surface area contributed by atoms with Gasteiger partial charge in [-0.1, -0.05) is 0 Å². The fraction of sp³-hybridized carbons (Fsp3) is 0.143. The van der Waals surface area contributed by atoms with Gasteiger partial charge in [0.05, 0.1) is 5.69 Å². The number of aromatic nitrogens is 2. The summed E-state index contributed by atoms with van der Waals surface area (Å²) in [4.78, 5) is 8.54. The molecule has 2 aromatic rings. The Morgan fingerprint density at radius 1 is 1.58 bits per heavy atom. The number of nitrogens with one attached hydrogen (secondary N) is 1. The zero-order chi connectivity index (χ0) is 8.55. The number of hydrogen-bond donors (Lipinski definition) is 1. The molecule has 0 aliphatic rings. The number of aryl methyl sites for hydroxylation is 1. The Bertz CT molecular complexity index is 424. The topological polar surface area (TPSA) is 28.7 Å². The molecule has 0 radical (unpaired) electrons. The molecule has 0 unspecified atom stereocenters. The van der Waals surface area contributed by atoms with Crippen LogP contribution in [-0.2, 0) is 0 Å². The van der Waals surface area contributed by atoms with Crippen molar-refractivity contribution in [3.63, 3.8) is 0 Å². The predicted octanol–water partition coefficient (Wildman–Crippen LogP) is 3.24.